The summed E-state index contributed by atoms with van der Waals surface area (Å²) in [6.07, 6.45) is 1.36. The van der Waals surface area contributed by atoms with Crippen LogP contribution in [0.3, 0.4) is 0 Å². The van der Waals surface area contributed by atoms with E-state index in [1.165, 1.54) is 6.07 Å². The van der Waals surface area contributed by atoms with E-state index in [1.54, 1.807) is 12.1 Å². The topological polar surface area (TPSA) is 35.2 Å². The van der Waals surface area contributed by atoms with Crippen LogP contribution in [0.25, 0.3) is 0 Å². The van der Waals surface area contributed by atoms with Gasteiger partial charge in [0.25, 0.3) is 0 Å². The van der Waals surface area contributed by atoms with Crippen molar-refractivity contribution in [2.45, 2.75) is 18.4 Å². The van der Waals surface area contributed by atoms with Gasteiger partial charge in [-0.25, -0.2) is 4.39 Å². The maximum atomic E-state index is 13.3. The van der Waals surface area contributed by atoms with Crippen LogP contribution in [0.15, 0.2) is 24.3 Å². The van der Waals surface area contributed by atoms with E-state index in [2.05, 4.69) is 0 Å². The van der Waals surface area contributed by atoms with Gasteiger partial charge in [0.1, 0.15) is 5.82 Å². The summed E-state index contributed by atoms with van der Waals surface area (Å²) in [5.74, 6) is -0.177. The van der Waals surface area contributed by atoms with Gasteiger partial charge < -0.3 is 10.5 Å². The molecule has 0 spiro atoms. The number of benzene rings is 1. The number of hydrogen-bond acceptors (Lipinski definition) is 2. The van der Waals surface area contributed by atoms with Gasteiger partial charge >= 0.3 is 0 Å². The Bertz CT molecular complexity index is 321. The largest absolute Gasteiger partial charge is 0.379 e. The van der Waals surface area contributed by atoms with Crippen molar-refractivity contribution in [1.82, 2.24) is 0 Å². The van der Waals surface area contributed by atoms with Gasteiger partial charge in [-0.15, -0.1) is 0 Å². The standard InChI is InChI=1S/C11H14FNO/c12-10-4-2-1-3-9(10)7-11(13)5-6-14-8-11/h1-4H,5-8,13H2. The van der Waals surface area contributed by atoms with Crippen LogP contribution in [0.1, 0.15) is 12.0 Å². The molecule has 2 rings (SSSR count). The van der Waals surface area contributed by atoms with Crippen molar-refractivity contribution in [1.29, 1.82) is 0 Å². The van der Waals surface area contributed by atoms with Crippen LogP contribution in [0, 0.1) is 5.82 Å². The lowest BCUT2D eigenvalue weighted by Gasteiger charge is -2.21. The van der Waals surface area contributed by atoms with Gasteiger partial charge in [-0.3, -0.25) is 0 Å². The lowest BCUT2D eigenvalue weighted by Crippen LogP contribution is -2.42. The van der Waals surface area contributed by atoms with Crippen molar-refractivity contribution in [2.24, 2.45) is 5.73 Å². The zero-order chi connectivity index (χ0) is 10.0. The summed E-state index contributed by atoms with van der Waals surface area (Å²) in [5.41, 5.74) is 6.38. The van der Waals surface area contributed by atoms with Gasteiger partial charge in [0.2, 0.25) is 0 Å². The summed E-state index contributed by atoms with van der Waals surface area (Å²) in [6, 6.07) is 6.77. The molecule has 3 heteroatoms. The van der Waals surface area contributed by atoms with Gasteiger partial charge in [-0.05, 0) is 24.5 Å². The smallest absolute Gasteiger partial charge is 0.126 e. The average Bonchev–Trinajstić information content (AvgIpc) is 2.57. The molecule has 0 aromatic heterocycles. The molecule has 0 radical (unpaired) electrons. The molecule has 2 nitrogen and oxygen atoms in total. The molecule has 1 aliphatic rings. The second-order valence-electron chi connectivity index (χ2n) is 3.93. The van der Waals surface area contributed by atoms with Crippen LogP contribution >= 0.6 is 0 Å². The molecule has 1 unspecified atom stereocenters. The predicted octanol–water partition coefficient (Wildman–Crippen LogP) is 1.49. The van der Waals surface area contributed by atoms with Crippen molar-refractivity contribution in [2.75, 3.05) is 13.2 Å². The number of rotatable bonds is 2. The van der Waals surface area contributed by atoms with Gasteiger partial charge in [-0.2, -0.15) is 0 Å². The maximum absolute atomic E-state index is 13.3. The summed E-state index contributed by atoms with van der Waals surface area (Å²) in [6.45, 7) is 1.21. The molecule has 1 atom stereocenters. The average molecular weight is 195 g/mol. The SMILES string of the molecule is NC1(Cc2ccccc2F)CCOC1. The fourth-order valence-electron chi connectivity index (χ4n) is 1.78. The van der Waals surface area contributed by atoms with Crippen molar-refractivity contribution < 1.29 is 9.13 Å². The molecule has 0 saturated carbocycles. The highest BCUT2D eigenvalue weighted by Gasteiger charge is 2.31. The van der Waals surface area contributed by atoms with Crippen LogP contribution in [-0.4, -0.2) is 18.8 Å². The number of ether oxygens (including phenoxy) is 1. The van der Waals surface area contributed by atoms with E-state index in [1.807, 2.05) is 6.07 Å². The van der Waals surface area contributed by atoms with Gasteiger partial charge in [0.05, 0.1) is 6.61 Å². The van der Waals surface area contributed by atoms with Crippen LogP contribution in [0.5, 0.6) is 0 Å². The van der Waals surface area contributed by atoms with E-state index in [0.717, 1.165) is 6.42 Å². The summed E-state index contributed by atoms with van der Waals surface area (Å²) in [7, 11) is 0. The predicted molar refractivity (Wildman–Crippen MR) is 52.5 cm³/mol. The zero-order valence-electron chi connectivity index (χ0n) is 8.00. The second-order valence-corrected chi connectivity index (χ2v) is 3.93. The Hall–Kier alpha value is -0.930. The van der Waals surface area contributed by atoms with E-state index in [4.69, 9.17) is 10.5 Å². The molecule has 14 heavy (non-hydrogen) atoms. The maximum Gasteiger partial charge on any atom is 0.126 e. The minimum absolute atomic E-state index is 0.177. The Morgan fingerprint density at radius 3 is 2.86 bits per heavy atom. The highest BCUT2D eigenvalue weighted by atomic mass is 19.1. The molecule has 0 bridgehead atoms. The highest BCUT2D eigenvalue weighted by Crippen LogP contribution is 2.22. The van der Waals surface area contributed by atoms with E-state index >= 15 is 0 Å². The van der Waals surface area contributed by atoms with Gasteiger partial charge in [-0.1, -0.05) is 18.2 Å². The molecule has 1 aromatic carbocycles. The Morgan fingerprint density at radius 1 is 1.43 bits per heavy atom. The van der Waals surface area contributed by atoms with Crippen molar-refractivity contribution >= 4 is 0 Å². The normalized spacial score (nSPS) is 26.7. The first kappa shape index (κ1) is 9.62. The third kappa shape index (κ3) is 1.94. The molecule has 1 heterocycles. The highest BCUT2D eigenvalue weighted by molar-refractivity contribution is 5.20. The first-order valence-electron chi connectivity index (χ1n) is 4.80. The Morgan fingerprint density at radius 2 is 2.21 bits per heavy atom. The zero-order valence-corrected chi connectivity index (χ0v) is 8.00. The monoisotopic (exact) mass is 195 g/mol. The molecular formula is C11H14FNO. The number of nitrogens with two attached hydrogens (primary N) is 1. The van der Waals surface area contributed by atoms with Crippen molar-refractivity contribution in [3.05, 3.63) is 35.6 Å². The molecule has 1 saturated heterocycles. The van der Waals surface area contributed by atoms with Crippen molar-refractivity contribution in [3.63, 3.8) is 0 Å². The van der Waals surface area contributed by atoms with Crippen molar-refractivity contribution in [3.8, 4) is 0 Å². The van der Waals surface area contributed by atoms with Crippen LogP contribution in [0.2, 0.25) is 0 Å². The quantitative estimate of drug-likeness (QED) is 0.776. The molecule has 0 aliphatic carbocycles. The Kier molecular flexibility index (Phi) is 2.52. The third-order valence-electron chi connectivity index (χ3n) is 2.63. The summed E-state index contributed by atoms with van der Waals surface area (Å²) in [4.78, 5) is 0. The van der Waals surface area contributed by atoms with Gasteiger partial charge in [0.15, 0.2) is 0 Å². The third-order valence-corrected chi connectivity index (χ3v) is 2.63. The van der Waals surface area contributed by atoms with Gasteiger partial charge in [0, 0.05) is 12.1 Å². The fraction of sp³-hybridized carbons (Fsp3) is 0.455. The summed E-state index contributed by atoms with van der Waals surface area (Å²) in [5, 5.41) is 0. The summed E-state index contributed by atoms with van der Waals surface area (Å²) >= 11 is 0. The van der Waals surface area contributed by atoms with Crippen LogP contribution in [-0.2, 0) is 11.2 Å². The number of halogens is 1. The number of hydrogen-bond donors (Lipinski definition) is 1. The fourth-order valence-corrected chi connectivity index (χ4v) is 1.78. The molecule has 2 N–H and O–H groups in total. The first-order chi connectivity index (χ1) is 6.70. The Balaban J connectivity index is 2.14. The van der Waals surface area contributed by atoms with Crippen LogP contribution in [0.4, 0.5) is 4.39 Å². The van der Waals surface area contributed by atoms with E-state index in [9.17, 15) is 4.39 Å². The molecule has 1 fully saturated rings. The molecule has 0 amide bonds. The lowest BCUT2D eigenvalue weighted by molar-refractivity contribution is 0.178. The molecule has 1 aliphatic heterocycles. The molecular weight excluding hydrogens is 181 g/mol. The van der Waals surface area contributed by atoms with E-state index in [0.29, 0.717) is 25.2 Å². The van der Waals surface area contributed by atoms with E-state index < -0.39 is 0 Å². The second kappa shape index (κ2) is 3.67. The minimum Gasteiger partial charge on any atom is -0.379 e. The molecule has 76 valence electrons. The Labute approximate surface area is 82.9 Å². The molecule has 1 aromatic rings. The summed E-state index contributed by atoms with van der Waals surface area (Å²) < 4.78 is 18.5. The first-order valence-corrected chi connectivity index (χ1v) is 4.80. The van der Waals surface area contributed by atoms with Crippen LogP contribution < -0.4 is 5.73 Å². The lowest BCUT2D eigenvalue weighted by atomic mass is 9.91. The minimum atomic E-state index is -0.373. The van der Waals surface area contributed by atoms with E-state index in [-0.39, 0.29) is 11.4 Å².